The van der Waals surface area contributed by atoms with Crippen LogP contribution in [0, 0.1) is 5.92 Å². The summed E-state index contributed by atoms with van der Waals surface area (Å²) in [5.41, 5.74) is 1.00. The van der Waals surface area contributed by atoms with E-state index in [-0.39, 0.29) is 12.1 Å². The molecule has 1 aromatic carbocycles. The molecule has 1 saturated heterocycles. The van der Waals surface area contributed by atoms with E-state index >= 15 is 0 Å². The van der Waals surface area contributed by atoms with Crippen LogP contribution in [0.25, 0.3) is 0 Å². The van der Waals surface area contributed by atoms with Gasteiger partial charge in [-0.25, -0.2) is 4.79 Å². The molecule has 2 rings (SSSR count). The monoisotopic (exact) mass is 234 g/mol. The Hall–Kier alpha value is -1.55. The number of hydrogen-bond donors (Lipinski definition) is 2. The van der Waals surface area contributed by atoms with Gasteiger partial charge in [0.05, 0.1) is 0 Å². The fraction of sp³-hybridized carbons (Fsp3) is 0.462. The van der Waals surface area contributed by atoms with Crippen molar-refractivity contribution in [1.82, 2.24) is 10.6 Å². The van der Waals surface area contributed by atoms with Crippen molar-refractivity contribution < 1.29 is 9.53 Å². The van der Waals surface area contributed by atoms with E-state index in [1.807, 2.05) is 30.3 Å². The maximum atomic E-state index is 11.6. The largest absolute Gasteiger partial charge is 0.445 e. The highest BCUT2D eigenvalue weighted by Gasteiger charge is 2.24. The second-order valence-electron chi connectivity index (χ2n) is 4.45. The van der Waals surface area contributed by atoms with Gasteiger partial charge in [-0.15, -0.1) is 0 Å². The fourth-order valence-corrected chi connectivity index (χ4v) is 1.92. The molecule has 1 heterocycles. The van der Waals surface area contributed by atoms with Crippen molar-refractivity contribution in [2.45, 2.75) is 19.6 Å². The molecule has 2 N–H and O–H groups in total. The highest BCUT2D eigenvalue weighted by Crippen LogP contribution is 2.08. The van der Waals surface area contributed by atoms with E-state index in [4.69, 9.17) is 4.74 Å². The van der Waals surface area contributed by atoms with Crippen molar-refractivity contribution in [3.05, 3.63) is 35.9 Å². The highest BCUT2D eigenvalue weighted by atomic mass is 16.5. The molecule has 1 aliphatic rings. The van der Waals surface area contributed by atoms with Crippen LogP contribution >= 0.6 is 0 Å². The molecule has 4 heteroatoms. The molecule has 4 nitrogen and oxygen atoms in total. The van der Waals surface area contributed by atoms with Crippen LogP contribution in [0.1, 0.15) is 12.5 Å². The van der Waals surface area contributed by atoms with E-state index in [0.29, 0.717) is 12.5 Å². The van der Waals surface area contributed by atoms with Crippen molar-refractivity contribution in [2.24, 2.45) is 5.92 Å². The maximum absolute atomic E-state index is 11.6. The number of benzene rings is 1. The molecule has 1 amide bonds. The van der Waals surface area contributed by atoms with Crippen molar-refractivity contribution in [1.29, 1.82) is 0 Å². The van der Waals surface area contributed by atoms with Gasteiger partial charge < -0.3 is 15.4 Å². The number of carbonyl (C=O) groups excluding carboxylic acids is 1. The predicted octanol–water partition coefficient (Wildman–Crippen LogP) is 1.52. The van der Waals surface area contributed by atoms with Crippen molar-refractivity contribution >= 4 is 6.09 Å². The summed E-state index contributed by atoms with van der Waals surface area (Å²) in [5, 5.41) is 6.11. The van der Waals surface area contributed by atoms with Crippen LogP contribution in [-0.4, -0.2) is 25.2 Å². The van der Waals surface area contributed by atoms with Gasteiger partial charge in [-0.05, 0) is 18.0 Å². The van der Waals surface area contributed by atoms with Crippen LogP contribution in [0.4, 0.5) is 4.79 Å². The summed E-state index contributed by atoms with van der Waals surface area (Å²) in [6.07, 6.45) is -0.339. The first-order valence-corrected chi connectivity index (χ1v) is 5.93. The van der Waals surface area contributed by atoms with Gasteiger partial charge in [-0.1, -0.05) is 37.3 Å². The van der Waals surface area contributed by atoms with E-state index in [1.54, 1.807) is 0 Å². The fourth-order valence-electron chi connectivity index (χ4n) is 1.92. The lowest BCUT2D eigenvalue weighted by molar-refractivity contribution is 0.134. The van der Waals surface area contributed by atoms with Gasteiger partial charge in [-0.3, -0.25) is 0 Å². The molecule has 2 atom stereocenters. The third-order valence-electron chi connectivity index (χ3n) is 3.03. The lowest BCUT2D eigenvalue weighted by Crippen LogP contribution is -2.39. The van der Waals surface area contributed by atoms with Crippen LogP contribution in [0.15, 0.2) is 30.3 Å². The topological polar surface area (TPSA) is 50.4 Å². The molecule has 1 aliphatic heterocycles. The molecule has 0 saturated carbocycles. The van der Waals surface area contributed by atoms with E-state index < -0.39 is 0 Å². The second kappa shape index (κ2) is 5.68. The lowest BCUT2D eigenvalue weighted by Gasteiger charge is -2.16. The van der Waals surface area contributed by atoms with E-state index in [1.165, 1.54) is 0 Å². The summed E-state index contributed by atoms with van der Waals surface area (Å²) in [7, 11) is 0. The molecule has 0 spiro atoms. The Labute approximate surface area is 101 Å². The van der Waals surface area contributed by atoms with Gasteiger partial charge in [-0.2, -0.15) is 0 Å². The highest BCUT2D eigenvalue weighted by molar-refractivity contribution is 5.67. The second-order valence-corrected chi connectivity index (χ2v) is 4.45. The zero-order valence-electron chi connectivity index (χ0n) is 9.98. The van der Waals surface area contributed by atoms with E-state index in [2.05, 4.69) is 17.6 Å². The normalized spacial score (nSPS) is 23.4. The Morgan fingerprint density at radius 1 is 1.41 bits per heavy atom. The van der Waals surface area contributed by atoms with Crippen molar-refractivity contribution in [3.8, 4) is 0 Å². The van der Waals surface area contributed by atoms with E-state index in [9.17, 15) is 4.79 Å². The molecule has 17 heavy (non-hydrogen) atoms. The van der Waals surface area contributed by atoms with Gasteiger partial charge >= 0.3 is 6.09 Å². The van der Waals surface area contributed by atoms with E-state index in [0.717, 1.165) is 18.7 Å². The number of rotatable bonds is 3. The Bertz CT molecular complexity index is 367. The number of nitrogens with one attached hydrogen (secondary N) is 2. The van der Waals surface area contributed by atoms with Crippen LogP contribution in [0.5, 0.6) is 0 Å². The first kappa shape index (κ1) is 11.9. The SMILES string of the molecule is C[C@H]1CNC[C@H]1NC(=O)OCc1ccccc1. The Morgan fingerprint density at radius 2 is 2.18 bits per heavy atom. The predicted molar refractivity (Wildman–Crippen MR) is 65.6 cm³/mol. The minimum absolute atomic E-state index is 0.179. The third kappa shape index (κ3) is 3.46. The quantitative estimate of drug-likeness (QED) is 0.833. The molecule has 92 valence electrons. The first-order valence-electron chi connectivity index (χ1n) is 5.93. The number of alkyl carbamates (subject to hydrolysis) is 1. The molecule has 0 aliphatic carbocycles. The summed E-state index contributed by atoms with van der Waals surface area (Å²) >= 11 is 0. The molecular formula is C13H18N2O2. The van der Waals surface area contributed by atoms with Gasteiger partial charge in [0.25, 0.3) is 0 Å². The number of ether oxygens (including phenoxy) is 1. The molecule has 0 aromatic heterocycles. The summed E-state index contributed by atoms with van der Waals surface area (Å²) in [6.45, 7) is 4.20. The van der Waals surface area contributed by atoms with Gasteiger partial charge in [0, 0.05) is 12.6 Å². The number of carbonyl (C=O) groups is 1. The third-order valence-corrected chi connectivity index (χ3v) is 3.03. The first-order chi connectivity index (χ1) is 8.25. The average molecular weight is 234 g/mol. The standard InChI is InChI=1S/C13H18N2O2/c1-10-7-14-8-12(10)15-13(16)17-9-11-5-3-2-4-6-11/h2-6,10,12,14H,7-9H2,1H3,(H,15,16)/t10-,12+/m0/s1. The molecule has 0 radical (unpaired) electrons. The van der Waals surface area contributed by atoms with Crippen LogP contribution < -0.4 is 10.6 Å². The van der Waals surface area contributed by atoms with Crippen LogP contribution in [0.2, 0.25) is 0 Å². The van der Waals surface area contributed by atoms with Crippen LogP contribution in [0.3, 0.4) is 0 Å². The minimum atomic E-state index is -0.339. The van der Waals surface area contributed by atoms with Crippen LogP contribution in [-0.2, 0) is 11.3 Å². The molecular weight excluding hydrogens is 216 g/mol. The average Bonchev–Trinajstić information content (AvgIpc) is 2.74. The molecule has 0 bridgehead atoms. The molecule has 1 fully saturated rings. The van der Waals surface area contributed by atoms with Gasteiger partial charge in [0.1, 0.15) is 6.61 Å². The Kier molecular flexibility index (Phi) is 3.98. The summed E-state index contributed by atoms with van der Waals surface area (Å²) in [5.74, 6) is 0.458. The Balaban J connectivity index is 1.74. The van der Waals surface area contributed by atoms with Crippen molar-refractivity contribution in [2.75, 3.05) is 13.1 Å². The molecule has 1 aromatic rings. The number of amides is 1. The number of hydrogen-bond acceptors (Lipinski definition) is 3. The lowest BCUT2D eigenvalue weighted by atomic mass is 10.1. The van der Waals surface area contributed by atoms with Gasteiger partial charge in [0.2, 0.25) is 0 Å². The smallest absolute Gasteiger partial charge is 0.407 e. The summed E-state index contributed by atoms with van der Waals surface area (Å²) in [6, 6.07) is 9.85. The maximum Gasteiger partial charge on any atom is 0.407 e. The summed E-state index contributed by atoms with van der Waals surface area (Å²) in [4.78, 5) is 11.6. The van der Waals surface area contributed by atoms with Crippen molar-refractivity contribution in [3.63, 3.8) is 0 Å². The molecule has 0 unspecified atom stereocenters. The minimum Gasteiger partial charge on any atom is -0.445 e. The zero-order valence-corrected chi connectivity index (χ0v) is 9.98. The zero-order chi connectivity index (χ0) is 12.1. The van der Waals surface area contributed by atoms with Gasteiger partial charge in [0.15, 0.2) is 0 Å². The Morgan fingerprint density at radius 3 is 2.82 bits per heavy atom. The summed E-state index contributed by atoms with van der Waals surface area (Å²) < 4.78 is 5.16.